The number of carbonyl (C=O) groups is 1. The number of nitrogens with zero attached hydrogens (tertiary/aromatic N) is 1. The van der Waals surface area contributed by atoms with Crippen molar-refractivity contribution >= 4 is 17.5 Å². The molecule has 2 aliphatic heterocycles. The third-order valence-corrected chi connectivity index (χ3v) is 4.70. The fourth-order valence-corrected chi connectivity index (χ4v) is 3.83. The molecule has 2 aliphatic rings. The van der Waals surface area contributed by atoms with Crippen molar-refractivity contribution in [2.24, 2.45) is 0 Å². The summed E-state index contributed by atoms with van der Waals surface area (Å²) < 4.78 is 38.2. The van der Waals surface area contributed by atoms with Gasteiger partial charge in [0.2, 0.25) is 0 Å². The number of fused-ring (bicyclic) bond motifs is 2. The lowest BCUT2D eigenvalue weighted by Crippen LogP contribution is -2.47. The molecular formula is C15H15ClF3NO. The molecular weight excluding hydrogens is 303 g/mol. The van der Waals surface area contributed by atoms with Gasteiger partial charge in [-0.2, -0.15) is 13.2 Å². The highest BCUT2D eigenvalue weighted by Gasteiger charge is 2.43. The average molecular weight is 318 g/mol. The topological polar surface area (TPSA) is 20.3 Å². The Balaban J connectivity index is 1.86. The first-order valence-electron chi connectivity index (χ1n) is 7.00. The molecule has 2 bridgehead atoms. The lowest BCUT2D eigenvalue weighted by molar-refractivity contribution is -0.137. The molecule has 2 unspecified atom stereocenters. The molecule has 21 heavy (non-hydrogen) atoms. The molecule has 6 heteroatoms. The highest BCUT2D eigenvalue weighted by molar-refractivity contribution is 6.20. The maximum Gasteiger partial charge on any atom is 0.416 e. The maximum atomic E-state index is 12.7. The van der Waals surface area contributed by atoms with Gasteiger partial charge in [-0.1, -0.05) is 6.07 Å². The zero-order valence-electron chi connectivity index (χ0n) is 11.2. The summed E-state index contributed by atoms with van der Waals surface area (Å²) in [5, 5.41) is 0.0630. The van der Waals surface area contributed by atoms with Crippen molar-refractivity contribution in [2.75, 3.05) is 0 Å². The summed E-state index contributed by atoms with van der Waals surface area (Å²) in [5.41, 5.74) is -0.678. The number of halogens is 4. The van der Waals surface area contributed by atoms with Crippen LogP contribution in [0.15, 0.2) is 24.3 Å². The minimum atomic E-state index is -4.43. The van der Waals surface area contributed by atoms with Crippen molar-refractivity contribution in [1.82, 2.24) is 4.90 Å². The van der Waals surface area contributed by atoms with Gasteiger partial charge in [0.1, 0.15) is 0 Å². The standard InChI is InChI=1S/C15H15ClF3NO/c16-11-7-12-4-5-13(8-11)20(12)14(21)9-2-1-3-10(6-9)15(17,18)19/h1-3,6,11-13H,4-5,7-8H2. The first-order valence-corrected chi connectivity index (χ1v) is 7.44. The van der Waals surface area contributed by atoms with Crippen molar-refractivity contribution in [1.29, 1.82) is 0 Å². The zero-order valence-corrected chi connectivity index (χ0v) is 12.0. The van der Waals surface area contributed by atoms with Crippen LogP contribution in [-0.4, -0.2) is 28.3 Å². The Morgan fingerprint density at radius 2 is 1.81 bits per heavy atom. The van der Waals surface area contributed by atoms with Crippen LogP contribution in [0.3, 0.4) is 0 Å². The number of hydrogen-bond acceptors (Lipinski definition) is 1. The molecule has 0 aliphatic carbocycles. The molecule has 2 heterocycles. The van der Waals surface area contributed by atoms with E-state index in [9.17, 15) is 18.0 Å². The van der Waals surface area contributed by atoms with Crippen molar-refractivity contribution in [3.63, 3.8) is 0 Å². The van der Waals surface area contributed by atoms with Gasteiger partial charge in [0.25, 0.3) is 5.91 Å². The Labute approximate surface area is 125 Å². The normalized spacial score (nSPS) is 28.8. The van der Waals surface area contributed by atoms with Crippen LogP contribution in [0.2, 0.25) is 0 Å². The predicted octanol–water partition coefficient (Wildman–Crippen LogP) is 4.08. The van der Waals surface area contributed by atoms with Crippen LogP contribution in [0.1, 0.15) is 41.6 Å². The number of amides is 1. The Kier molecular flexibility index (Phi) is 3.64. The van der Waals surface area contributed by atoms with Crippen LogP contribution in [-0.2, 0) is 6.18 Å². The average Bonchev–Trinajstić information content (AvgIpc) is 2.69. The molecule has 1 aromatic carbocycles. The number of hydrogen-bond donors (Lipinski definition) is 0. The molecule has 114 valence electrons. The third kappa shape index (κ3) is 2.76. The number of rotatable bonds is 1. The molecule has 0 radical (unpaired) electrons. The van der Waals surface area contributed by atoms with Gasteiger partial charge < -0.3 is 4.90 Å². The van der Waals surface area contributed by atoms with E-state index in [1.807, 2.05) is 0 Å². The summed E-state index contributed by atoms with van der Waals surface area (Å²) in [6.45, 7) is 0. The van der Waals surface area contributed by atoms with Gasteiger partial charge in [-0.15, -0.1) is 11.6 Å². The smallest absolute Gasteiger partial charge is 0.333 e. The number of alkyl halides is 4. The van der Waals surface area contributed by atoms with Crippen LogP contribution in [0.5, 0.6) is 0 Å². The van der Waals surface area contributed by atoms with E-state index in [0.717, 1.165) is 37.8 Å². The second-order valence-electron chi connectivity index (χ2n) is 5.74. The highest BCUT2D eigenvalue weighted by Crippen LogP contribution is 2.39. The first-order chi connectivity index (χ1) is 9.86. The van der Waals surface area contributed by atoms with Crippen LogP contribution < -0.4 is 0 Å². The molecule has 2 saturated heterocycles. The van der Waals surface area contributed by atoms with Crippen molar-refractivity contribution in [3.05, 3.63) is 35.4 Å². The minimum Gasteiger partial charge on any atom is -0.333 e. The molecule has 0 aromatic heterocycles. The van der Waals surface area contributed by atoms with Gasteiger partial charge in [-0.25, -0.2) is 0 Å². The van der Waals surface area contributed by atoms with E-state index in [-0.39, 0.29) is 28.9 Å². The highest BCUT2D eigenvalue weighted by atomic mass is 35.5. The molecule has 1 aromatic rings. The van der Waals surface area contributed by atoms with Crippen LogP contribution in [0.25, 0.3) is 0 Å². The minimum absolute atomic E-state index is 0.0630. The van der Waals surface area contributed by atoms with Crippen molar-refractivity contribution in [2.45, 2.75) is 49.3 Å². The quantitative estimate of drug-likeness (QED) is 0.715. The van der Waals surface area contributed by atoms with E-state index in [4.69, 9.17) is 11.6 Å². The van der Waals surface area contributed by atoms with E-state index in [1.54, 1.807) is 4.90 Å². The second kappa shape index (κ2) is 5.20. The Hall–Kier alpha value is -1.23. The summed E-state index contributed by atoms with van der Waals surface area (Å²) in [6, 6.07) is 4.78. The van der Waals surface area contributed by atoms with Crippen molar-refractivity contribution < 1.29 is 18.0 Å². The van der Waals surface area contributed by atoms with Gasteiger partial charge >= 0.3 is 6.18 Å². The molecule has 1 amide bonds. The fraction of sp³-hybridized carbons (Fsp3) is 0.533. The van der Waals surface area contributed by atoms with Gasteiger partial charge in [0.15, 0.2) is 0 Å². The molecule has 2 nitrogen and oxygen atoms in total. The molecule has 0 N–H and O–H groups in total. The summed E-state index contributed by atoms with van der Waals surface area (Å²) in [7, 11) is 0. The lowest BCUT2D eigenvalue weighted by Gasteiger charge is -2.37. The van der Waals surface area contributed by atoms with Gasteiger partial charge in [-0.3, -0.25) is 4.79 Å². The van der Waals surface area contributed by atoms with E-state index in [0.29, 0.717) is 0 Å². The monoisotopic (exact) mass is 317 g/mol. The molecule has 0 spiro atoms. The Morgan fingerprint density at radius 1 is 1.19 bits per heavy atom. The molecule has 2 atom stereocenters. The summed E-state index contributed by atoms with van der Waals surface area (Å²) >= 11 is 6.16. The Bertz CT molecular complexity index is 546. The van der Waals surface area contributed by atoms with E-state index >= 15 is 0 Å². The largest absolute Gasteiger partial charge is 0.416 e. The van der Waals surface area contributed by atoms with Gasteiger partial charge in [0.05, 0.1) is 5.56 Å². The fourth-order valence-electron chi connectivity index (χ4n) is 3.42. The summed E-state index contributed by atoms with van der Waals surface area (Å²) in [6.07, 6.45) is -1.21. The lowest BCUT2D eigenvalue weighted by atomic mass is 10.0. The van der Waals surface area contributed by atoms with E-state index in [1.165, 1.54) is 12.1 Å². The first kappa shape index (κ1) is 14.7. The number of piperidine rings is 1. The van der Waals surface area contributed by atoms with Crippen molar-refractivity contribution in [3.8, 4) is 0 Å². The second-order valence-corrected chi connectivity index (χ2v) is 6.36. The van der Waals surface area contributed by atoms with Crippen LogP contribution >= 0.6 is 11.6 Å². The molecule has 2 fully saturated rings. The number of carbonyl (C=O) groups excluding carboxylic acids is 1. The summed E-state index contributed by atoms with van der Waals surface area (Å²) in [5.74, 6) is -0.308. The zero-order chi connectivity index (χ0) is 15.2. The van der Waals surface area contributed by atoms with Gasteiger partial charge in [-0.05, 0) is 43.9 Å². The van der Waals surface area contributed by atoms with E-state index < -0.39 is 11.7 Å². The van der Waals surface area contributed by atoms with Gasteiger partial charge in [0, 0.05) is 23.0 Å². The Morgan fingerprint density at radius 3 is 2.38 bits per heavy atom. The number of benzene rings is 1. The summed E-state index contributed by atoms with van der Waals surface area (Å²) in [4.78, 5) is 14.3. The predicted molar refractivity (Wildman–Crippen MR) is 73.3 cm³/mol. The third-order valence-electron chi connectivity index (χ3n) is 4.35. The van der Waals surface area contributed by atoms with E-state index in [2.05, 4.69) is 0 Å². The molecule has 0 saturated carbocycles. The van der Waals surface area contributed by atoms with Crippen LogP contribution in [0, 0.1) is 0 Å². The maximum absolute atomic E-state index is 12.7. The SMILES string of the molecule is O=C(c1cccc(C(F)(F)F)c1)N1C2CCC1CC(Cl)C2. The van der Waals surface area contributed by atoms with Crippen LogP contribution in [0.4, 0.5) is 13.2 Å². The molecule has 3 rings (SSSR count).